The lowest BCUT2D eigenvalue weighted by atomic mass is 10.1. The van der Waals surface area contributed by atoms with Crippen LogP contribution in [0, 0.1) is 0 Å². The van der Waals surface area contributed by atoms with Crippen LogP contribution in [0.2, 0.25) is 0 Å². The maximum Gasteiger partial charge on any atom is 0.350 e. The van der Waals surface area contributed by atoms with E-state index < -0.39 is 24.2 Å². The van der Waals surface area contributed by atoms with Gasteiger partial charge < -0.3 is 10.2 Å². The summed E-state index contributed by atoms with van der Waals surface area (Å²) in [7, 11) is 0. The van der Waals surface area contributed by atoms with Crippen molar-refractivity contribution < 1.29 is 24.6 Å². The topological polar surface area (TPSA) is 104 Å². The van der Waals surface area contributed by atoms with Gasteiger partial charge in [0, 0.05) is 18.6 Å². The quantitative estimate of drug-likeness (QED) is 0.585. The van der Waals surface area contributed by atoms with Gasteiger partial charge in [0.2, 0.25) is 0 Å². The molecule has 0 aliphatic carbocycles. The van der Waals surface area contributed by atoms with E-state index in [1.165, 1.54) is 12.1 Å². The number of amides is 1. The highest BCUT2D eigenvalue weighted by Gasteiger charge is 2.14. The van der Waals surface area contributed by atoms with Crippen molar-refractivity contribution in [3.63, 3.8) is 0 Å². The SMILES string of the molecule is O=Cc1ccccc1C(=O)N=C(CCO)C(=O)O. The van der Waals surface area contributed by atoms with E-state index >= 15 is 0 Å². The van der Waals surface area contributed by atoms with Crippen molar-refractivity contribution in [3.8, 4) is 0 Å². The Morgan fingerprint density at radius 3 is 2.50 bits per heavy atom. The standard InChI is InChI=1S/C12H11NO5/c14-6-5-10(12(17)18)13-11(16)9-4-2-1-3-8(9)7-15/h1-4,7,14H,5-6H2,(H,17,18). The number of aliphatic imine (C=N–C) groups is 1. The van der Waals surface area contributed by atoms with Crippen LogP contribution in [0.3, 0.4) is 0 Å². The fourth-order valence-corrected chi connectivity index (χ4v) is 1.29. The number of carboxylic acid groups (broad SMARTS) is 1. The van der Waals surface area contributed by atoms with E-state index in [-0.39, 0.29) is 17.5 Å². The van der Waals surface area contributed by atoms with Crippen LogP contribution in [0.15, 0.2) is 29.3 Å². The number of carboxylic acids is 1. The van der Waals surface area contributed by atoms with E-state index in [1.54, 1.807) is 12.1 Å². The Kier molecular flexibility index (Phi) is 4.89. The number of hydrogen-bond acceptors (Lipinski definition) is 4. The average molecular weight is 249 g/mol. The highest BCUT2D eigenvalue weighted by Crippen LogP contribution is 2.08. The molecule has 0 aliphatic rings. The molecule has 0 saturated carbocycles. The molecule has 0 spiro atoms. The maximum atomic E-state index is 11.7. The van der Waals surface area contributed by atoms with Crippen LogP contribution >= 0.6 is 0 Å². The van der Waals surface area contributed by atoms with Crippen LogP contribution in [0.1, 0.15) is 27.1 Å². The first-order valence-electron chi connectivity index (χ1n) is 5.10. The number of aldehydes is 1. The minimum atomic E-state index is -1.37. The molecule has 0 bridgehead atoms. The summed E-state index contributed by atoms with van der Waals surface area (Å²) in [5.41, 5.74) is -0.271. The Labute approximate surface area is 103 Å². The third kappa shape index (κ3) is 3.33. The van der Waals surface area contributed by atoms with Crippen molar-refractivity contribution >= 4 is 23.9 Å². The molecular weight excluding hydrogens is 238 g/mol. The summed E-state index contributed by atoms with van der Waals surface area (Å²) in [6.45, 7) is -0.423. The van der Waals surface area contributed by atoms with Crippen LogP contribution < -0.4 is 0 Å². The number of nitrogens with zero attached hydrogens (tertiary/aromatic N) is 1. The van der Waals surface area contributed by atoms with Gasteiger partial charge in [-0.15, -0.1) is 0 Å². The number of aliphatic carboxylic acids is 1. The Morgan fingerprint density at radius 1 is 1.28 bits per heavy atom. The summed E-state index contributed by atoms with van der Waals surface area (Å²) >= 11 is 0. The number of carbonyl (C=O) groups excluding carboxylic acids is 2. The Bertz CT molecular complexity index is 507. The minimum absolute atomic E-state index is 0.0317. The van der Waals surface area contributed by atoms with E-state index in [0.29, 0.717) is 6.29 Å². The minimum Gasteiger partial charge on any atom is -0.477 e. The van der Waals surface area contributed by atoms with Gasteiger partial charge in [0.1, 0.15) is 5.71 Å². The number of carbonyl (C=O) groups is 3. The molecule has 6 nitrogen and oxygen atoms in total. The van der Waals surface area contributed by atoms with Gasteiger partial charge in [0.05, 0.1) is 5.56 Å². The molecule has 0 atom stereocenters. The molecule has 1 amide bonds. The molecule has 0 heterocycles. The molecule has 0 radical (unpaired) electrons. The number of benzene rings is 1. The predicted octanol–water partition coefficient (Wildman–Crippen LogP) is 0.547. The van der Waals surface area contributed by atoms with Gasteiger partial charge in [-0.05, 0) is 6.07 Å². The first kappa shape index (κ1) is 13.7. The molecule has 0 aliphatic heterocycles. The molecule has 1 aromatic carbocycles. The van der Waals surface area contributed by atoms with Crippen LogP contribution in [0.4, 0.5) is 0 Å². The Hall–Kier alpha value is -2.34. The van der Waals surface area contributed by atoms with Gasteiger partial charge in [-0.1, -0.05) is 18.2 Å². The van der Waals surface area contributed by atoms with Crippen molar-refractivity contribution in [1.29, 1.82) is 0 Å². The number of aliphatic hydroxyl groups excluding tert-OH is 1. The molecule has 1 rings (SSSR count). The molecule has 0 fully saturated rings. The summed E-state index contributed by atoms with van der Waals surface area (Å²) in [4.78, 5) is 36.6. The average Bonchev–Trinajstić information content (AvgIpc) is 2.37. The second-order valence-corrected chi connectivity index (χ2v) is 3.35. The van der Waals surface area contributed by atoms with Crippen LogP contribution in [0.5, 0.6) is 0 Å². The normalized spacial score (nSPS) is 11.1. The van der Waals surface area contributed by atoms with Gasteiger partial charge in [0.15, 0.2) is 6.29 Å². The highest BCUT2D eigenvalue weighted by molar-refractivity contribution is 6.37. The molecule has 0 saturated heterocycles. The zero-order chi connectivity index (χ0) is 13.5. The third-order valence-corrected chi connectivity index (χ3v) is 2.15. The molecule has 0 aromatic heterocycles. The lowest BCUT2D eigenvalue weighted by molar-refractivity contribution is -0.129. The number of rotatable bonds is 5. The predicted molar refractivity (Wildman–Crippen MR) is 62.9 cm³/mol. The molecule has 2 N–H and O–H groups in total. The van der Waals surface area contributed by atoms with E-state index in [0.717, 1.165) is 0 Å². The van der Waals surface area contributed by atoms with E-state index in [2.05, 4.69) is 4.99 Å². The van der Waals surface area contributed by atoms with Gasteiger partial charge in [-0.25, -0.2) is 9.79 Å². The lowest BCUT2D eigenvalue weighted by Gasteiger charge is -2.01. The fourth-order valence-electron chi connectivity index (χ4n) is 1.29. The third-order valence-electron chi connectivity index (χ3n) is 2.15. The van der Waals surface area contributed by atoms with Crippen LogP contribution in [0.25, 0.3) is 0 Å². The largest absolute Gasteiger partial charge is 0.477 e. The zero-order valence-electron chi connectivity index (χ0n) is 9.37. The van der Waals surface area contributed by atoms with E-state index in [1.807, 2.05) is 0 Å². The second kappa shape index (κ2) is 6.41. The van der Waals surface area contributed by atoms with Crippen molar-refractivity contribution in [3.05, 3.63) is 35.4 Å². The summed E-state index contributed by atoms with van der Waals surface area (Å²) in [5, 5.41) is 17.4. The van der Waals surface area contributed by atoms with Crippen LogP contribution in [-0.4, -0.2) is 40.7 Å². The van der Waals surface area contributed by atoms with Gasteiger partial charge in [0.25, 0.3) is 5.91 Å². The smallest absolute Gasteiger partial charge is 0.350 e. The lowest BCUT2D eigenvalue weighted by Crippen LogP contribution is -2.17. The summed E-state index contributed by atoms with van der Waals surface area (Å²) in [6, 6.07) is 5.94. The maximum absolute atomic E-state index is 11.7. The van der Waals surface area contributed by atoms with Gasteiger partial charge in [-0.3, -0.25) is 9.59 Å². The van der Waals surface area contributed by atoms with Crippen molar-refractivity contribution in [1.82, 2.24) is 0 Å². The van der Waals surface area contributed by atoms with Gasteiger partial charge in [-0.2, -0.15) is 0 Å². The van der Waals surface area contributed by atoms with Crippen molar-refractivity contribution in [2.45, 2.75) is 6.42 Å². The molecule has 18 heavy (non-hydrogen) atoms. The Balaban J connectivity index is 3.09. The Morgan fingerprint density at radius 2 is 1.94 bits per heavy atom. The summed E-state index contributed by atoms with van der Waals surface area (Å²) in [6.07, 6.45) is 0.263. The summed E-state index contributed by atoms with van der Waals surface area (Å²) in [5.74, 6) is -2.19. The first-order chi connectivity index (χ1) is 8.60. The molecule has 1 aromatic rings. The van der Waals surface area contributed by atoms with Crippen molar-refractivity contribution in [2.24, 2.45) is 4.99 Å². The number of hydrogen-bond donors (Lipinski definition) is 2. The molecular formula is C12H11NO5. The molecule has 6 heteroatoms. The van der Waals surface area contributed by atoms with Crippen LogP contribution in [-0.2, 0) is 4.79 Å². The van der Waals surface area contributed by atoms with Gasteiger partial charge >= 0.3 is 5.97 Å². The fraction of sp³-hybridized carbons (Fsp3) is 0.167. The monoisotopic (exact) mass is 249 g/mol. The second-order valence-electron chi connectivity index (χ2n) is 3.35. The molecule has 0 unspecified atom stereocenters. The van der Waals surface area contributed by atoms with E-state index in [9.17, 15) is 14.4 Å². The number of aliphatic hydroxyl groups is 1. The summed E-state index contributed by atoms with van der Waals surface area (Å²) < 4.78 is 0. The van der Waals surface area contributed by atoms with Crippen molar-refractivity contribution in [2.75, 3.05) is 6.61 Å². The highest BCUT2D eigenvalue weighted by atomic mass is 16.4. The molecule has 94 valence electrons. The van der Waals surface area contributed by atoms with E-state index in [4.69, 9.17) is 10.2 Å². The zero-order valence-corrected chi connectivity index (χ0v) is 9.37. The first-order valence-corrected chi connectivity index (χ1v) is 5.10.